The molecule has 9 nitrogen and oxygen atoms in total. The molecule has 0 fully saturated rings. The molecule has 3 aromatic rings. The molecule has 0 aliphatic carbocycles. The third-order valence-corrected chi connectivity index (χ3v) is 3.88. The topological polar surface area (TPSA) is 119 Å². The maximum absolute atomic E-state index is 12.1. The summed E-state index contributed by atoms with van der Waals surface area (Å²) in [5.41, 5.74) is 5.27. The van der Waals surface area contributed by atoms with Crippen LogP contribution >= 0.6 is 11.6 Å². The van der Waals surface area contributed by atoms with E-state index in [1.807, 2.05) is 0 Å². The van der Waals surface area contributed by atoms with Crippen LogP contribution in [0.5, 0.6) is 0 Å². The van der Waals surface area contributed by atoms with Crippen LogP contribution in [0.3, 0.4) is 0 Å². The van der Waals surface area contributed by atoms with Crippen molar-refractivity contribution >= 4 is 29.1 Å². The van der Waals surface area contributed by atoms with E-state index in [-0.39, 0.29) is 22.0 Å². The SMILES string of the molecule is O=C(NNC(=O)c1ccccc1Cl)c1ccn(-c2ccc([N+](=O)[O-])cc2)n1. The minimum absolute atomic E-state index is 0.0489. The number of amides is 2. The van der Waals surface area contributed by atoms with Gasteiger partial charge in [-0.05, 0) is 30.3 Å². The molecule has 2 N–H and O–H groups in total. The molecule has 0 saturated carbocycles. The quantitative estimate of drug-likeness (QED) is 0.528. The molecule has 0 unspecified atom stereocenters. The minimum Gasteiger partial charge on any atom is -0.267 e. The summed E-state index contributed by atoms with van der Waals surface area (Å²) in [5.74, 6) is -1.19. The van der Waals surface area contributed by atoms with E-state index in [0.29, 0.717) is 5.69 Å². The Morgan fingerprint density at radius 1 is 1.00 bits per heavy atom. The number of benzene rings is 2. The van der Waals surface area contributed by atoms with Crippen LogP contribution in [0, 0.1) is 10.1 Å². The molecule has 3 rings (SSSR count). The van der Waals surface area contributed by atoms with Crippen LogP contribution in [0.2, 0.25) is 5.02 Å². The molecule has 1 heterocycles. The molecule has 10 heteroatoms. The normalized spacial score (nSPS) is 10.3. The molecule has 27 heavy (non-hydrogen) atoms. The highest BCUT2D eigenvalue weighted by molar-refractivity contribution is 6.33. The van der Waals surface area contributed by atoms with Crippen molar-refractivity contribution in [2.24, 2.45) is 0 Å². The van der Waals surface area contributed by atoms with Crippen LogP contribution in [-0.4, -0.2) is 26.5 Å². The van der Waals surface area contributed by atoms with Gasteiger partial charge in [-0.1, -0.05) is 23.7 Å². The summed E-state index contributed by atoms with van der Waals surface area (Å²) in [6, 6.07) is 13.5. The smallest absolute Gasteiger partial charge is 0.267 e. The predicted octanol–water partition coefficient (Wildman–Crippen LogP) is 2.51. The molecule has 0 spiro atoms. The first kappa shape index (κ1) is 18.1. The average Bonchev–Trinajstić information content (AvgIpc) is 3.16. The first-order chi connectivity index (χ1) is 13.0. The number of non-ortho nitro benzene ring substituents is 1. The standard InChI is InChI=1S/C17H12ClN5O4/c18-14-4-2-1-3-13(14)16(24)19-20-17(25)15-9-10-22(21-15)11-5-7-12(8-6-11)23(26)27/h1-10H,(H,19,24)(H,20,25). The van der Waals surface area contributed by atoms with E-state index < -0.39 is 16.7 Å². The van der Waals surface area contributed by atoms with Crippen LogP contribution in [0.15, 0.2) is 60.8 Å². The first-order valence-corrected chi connectivity index (χ1v) is 7.99. The Kier molecular flexibility index (Phi) is 5.13. The Bertz CT molecular complexity index is 1020. The van der Waals surface area contributed by atoms with Crippen LogP contribution in [0.1, 0.15) is 20.8 Å². The van der Waals surface area contributed by atoms with E-state index in [1.54, 1.807) is 18.2 Å². The van der Waals surface area contributed by atoms with Gasteiger partial charge in [0.1, 0.15) is 0 Å². The van der Waals surface area contributed by atoms with Gasteiger partial charge in [-0.25, -0.2) is 4.68 Å². The molecule has 0 atom stereocenters. The third-order valence-electron chi connectivity index (χ3n) is 3.55. The van der Waals surface area contributed by atoms with Gasteiger partial charge in [-0.15, -0.1) is 0 Å². The summed E-state index contributed by atoms with van der Waals surface area (Å²) in [6.45, 7) is 0. The number of nitrogens with zero attached hydrogens (tertiary/aromatic N) is 3. The van der Waals surface area contributed by atoms with Crippen molar-refractivity contribution in [3.63, 3.8) is 0 Å². The highest BCUT2D eigenvalue weighted by Gasteiger charge is 2.14. The highest BCUT2D eigenvalue weighted by Crippen LogP contribution is 2.15. The van der Waals surface area contributed by atoms with Crippen LogP contribution < -0.4 is 10.9 Å². The average molecular weight is 386 g/mol. The maximum Gasteiger partial charge on any atom is 0.290 e. The van der Waals surface area contributed by atoms with Crippen molar-refractivity contribution in [1.82, 2.24) is 20.6 Å². The lowest BCUT2D eigenvalue weighted by atomic mass is 10.2. The molecule has 2 aromatic carbocycles. The number of hydrogen-bond acceptors (Lipinski definition) is 5. The van der Waals surface area contributed by atoms with E-state index in [1.165, 1.54) is 47.3 Å². The Morgan fingerprint density at radius 2 is 1.67 bits per heavy atom. The molecular formula is C17H12ClN5O4. The largest absolute Gasteiger partial charge is 0.290 e. The van der Waals surface area contributed by atoms with Gasteiger partial charge in [0.05, 0.1) is 21.2 Å². The van der Waals surface area contributed by atoms with Crippen LogP contribution in [-0.2, 0) is 0 Å². The summed E-state index contributed by atoms with van der Waals surface area (Å²) < 4.78 is 1.38. The molecule has 0 saturated heterocycles. The molecular weight excluding hydrogens is 374 g/mol. The van der Waals surface area contributed by atoms with Gasteiger partial charge in [0.25, 0.3) is 17.5 Å². The lowest BCUT2D eigenvalue weighted by molar-refractivity contribution is -0.384. The van der Waals surface area contributed by atoms with E-state index >= 15 is 0 Å². The zero-order valence-corrected chi connectivity index (χ0v) is 14.4. The molecule has 0 bridgehead atoms. The number of nitro groups is 1. The van der Waals surface area contributed by atoms with Crippen molar-refractivity contribution < 1.29 is 14.5 Å². The minimum atomic E-state index is -0.629. The van der Waals surface area contributed by atoms with Gasteiger partial charge in [0.2, 0.25) is 0 Å². The second-order valence-corrected chi connectivity index (χ2v) is 5.71. The van der Waals surface area contributed by atoms with Gasteiger partial charge < -0.3 is 0 Å². The zero-order chi connectivity index (χ0) is 19.4. The lowest BCUT2D eigenvalue weighted by Gasteiger charge is -2.07. The van der Waals surface area contributed by atoms with Gasteiger partial charge in [0, 0.05) is 18.3 Å². The van der Waals surface area contributed by atoms with Crippen LogP contribution in [0.4, 0.5) is 5.69 Å². The molecule has 0 radical (unpaired) electrons. The molecule has 0 aliphatic heterocycles. The number of aromatic nitrogens is 2. The molecule has 1 aromatic heterocycles. The monoisotopic (exact) mass is 385 g/mol. The fourth-order valence-corrected chi connectivity index (χ4v) is 2.43. The van der Waals surface area contributed by atoms with Crippen molar-refractivity contribution in [3.8, 4) is 5.69 Å². The molecule has 2 amide bonds. The number of nitro benzene ring substituents is 1. The number of rotatable bonds is 4. The Labute approximate surface area is 157 Å². The van der Waals surface area contributed by atoms with E-state index in [4.69, 9.17) is 11.6 Å². The lowest BCUT2D eigenvalue weighted by Crippen LogP contribution is -2.41. The van der Waals surface area contributed by atoms with Crippen molar-refractivity contribution in [2.75, 3.05) is 0 Å². The van der Waals surface area contributed by atoms with Gasteiger partial charge >= 0.3 is 0 Å². The number of hydrazine groups is 1. The Morgan fingerprint density at radius 3 is 2.33 bits per heavy atom. The summed E-state index contributed by atoms with van der Waals surface area (Å²) in [6.07, 6.45) is 1.52. The third kappa shape index (κ3) is 4.10. The maximum atomic E-state index is 12.1. The molecule has 136 valence electrons. The van der Waals surface area contributed by atoms with E-state index in [9.17, 15) is 19.7 Å². The predicted molar refractivity (Wildman–Crippen MR) is 96.6 cm³/mol. The van der Waals surface area contributed by atoms with Crippen LogP contribution in [0.25, 0.3) is 5.69 Å². The number of hydrogen-bond donors (Lipinski definition) is 2. The van der Waals surface area contributed by atoms with Crippen molar-refractivity contribution in [2.45, 2.75) is 0 Å². The van der Waals surface area contributed by atoms with E-state index in [2.05, 4.69) is 16.0 Å². The Hall–Kier alpha value is -3.72. The van der Waals surface area contributed by atoms with Gasteiger partial charge in [-0.2, -0.15) is 5.10 Å². The highest BCUT2D eigenvalue weighted by atomic mass is 35.5. The summed E-state index contributed by atoms with van der Waals surface area (Å²) >= 11 is 5.92. The zero-order valence-electron chi connectivity index (χ0n) is 13.6. The summed E-state index contributed by atoms with van der Waals surface area (Å²) in [7, 11) is 0. The number of carbonyl (C=O) groups is 2. The second-order valence-electron chi connectivity index (χ2n) is 5.31. The first-order valence-electron chi connectivity index (χ1n) is 7.61. The van der Waals surface area contributed by atoms with Gasteiger partial charge in [0.15, 0.2) is 5.69 Å². The van der Waals surface area contributed by atoms with E-state index in [0.717, 1.165) is 0 Å². The second kappa shape index (κ2) is 7.67. The number of nitrogens with one attached hydrogen (secondary N) is 2. The summed E-state index contributed by atoms with van der Waals surface area (Å²) in [5, 5.41) is 15.0. The van der Waals surface area contributed by atoms with Crippen molar-refractivity contribution in [3.05, 3.63) is 87.2 Å². The van der Waals surface area contributed by atoms with Gasteiger partial charge in [-0.3, -0.25) is 30.6 Å². The number of halogens is 1. The fraction of sp³-hybridized carbons (Fsp3) is 0. The fourth-order valence-electron chi connectivity index (χ4n) is 2.21. The number of carbonyl (C=O) groups excluding carboxylic acids is 2. The van der Waals surface area contributed by atoms with Crippen molar-refractivity contribution in [1.29, 1.82) is 0 Å². The summed E-state index contributed by atoms with van der Waals surface area (Å²) in [4.78, 5) is 34.3. The molecule has 0 aliphatic rings. The Balaban J connectivity index is 1.65.